The standard InChI is InChI=1S/C15H15N3O.CH2O2/c16-14-3-1-2-13(18-14)11-6-4-10(5-7-11)12-8-15(19)17-9-12;2-1-3/h1-7,12H,8-9H2,(H2,16,18)(H,17,19);1H,(H,2,3). The number of carbonyl (C=O) groups excluding carboxylic acids is 1. The number of rotatable bonds is 2. The molecule has 0 aliphatic carbocycles. The van der Waals surface area contributed by atoms with Crippen LogP contribution in [0.5, 0.6) is 0 Å². The van der Waals surface area contributed by atoms with E-state index in [-0.39, 0.29) is 18.3 Å². The number of hydrogen-bond acceptors (Lipinski definition) is 4. The highest BCUT2D eigenvalue weighted by molar-refractivity contribution is 5.79. The lowest BCUT2D eigenvalue weighted by Gasteiger charge is -2.08. The van der Waals surface area contributed by atoms with Crippen LogP contribution in [-0.2, 0) is 9.59 Å². The van der Waals surface area contributed by atoms with Gasteiger partial charge in [0.1, 0.15) is 5.82 Å². The van der Waals surface area contributed by atoms with Crippen LogP contribution in [0.3, 0.4) is 0 Å². The summed E-state index contributed by atoms with van der Waals surface area (Å²) in [5.74, 6) is 0.939. The van der Waals surface area contributed by atoms with Crippen molar-refractivity contribution in [3.8, 4) is 11.3 Å². The van der Waals surface area contributed by atoms with Crippen LogP contribution >= 0.6 is 0 Å². The van der Waals surface area contributed by atoms with E-state index >= 15 is 0 Å². The third-order valence-corrected chi connectivity index (χ3v) is 3.43. The van der Waals surface area contributed by atoms with Gasteiger partial charge in [-0.15, -0.1) is 0 Å². The summed E-state index contributed by atoms with van der Waals surface area (Å²) in [7, 11) is 0. The highest BCUT2D eigenvalue weighted by Crippen LogP contribution is 2.25. The van der Waals surface area contributed by atoms with E-state index in [0.29, 0.717) is 12.2 Å². The molecule has 1 saturated heterocycles. The van der Waals surface area contributed by atoms with Crippen molar-refractivity contribution < 1.29 is 14.7 Å². The summed E-state index contributed by atoms with van der Waals surface area (Å²) in [5.41, 5.74) is 8.77. The molecule has 0 saturated carbocycles. The van der Waals surface area contributed by atoms with Gasteiger partial charge in [-0.3, -0.25) is 9.59 Å². The van der Waals surface area contributed by atoms with Gasteiger partial charge in [0, 0.05) is 24.4 Å². The number of carboxylic acid groups (broad SMARTS) is 1. The van der Waals surface area contributed by atoms with Crippen LogP contribution in [0, 0.1) is 0 Å². The molecule has 0 bridgehead atoms. The lowest BCUT2D eigenvalue weighted by Crippen LogP contribution is -2.13. The smallest absolute Gasteiger partial charge is 0.290 e. The Balaban J connectivity index is 0.000000545. The molecule has 2 heterocycles. The average molecular weight is 299 g/mol. The second-order valence-electron chi connectivity index (χ2n) is 4.88. The van der Waals surface area contributed by atoms with Crippen molar-refractivity contribution in [1.29, 1.82) is 0 Å². The van der Waals surface area contributed by atoms with Crippen LogP contribution in [0.2, 0.25) is 0 Å². The summed E-state index contributed by atoms with van der Waals surface area (Å²) in [6, 6.07) is 13.8. The zero-order chi connectivity index (χ0) is 15.9. The number of aromatic nitrogens is 1. The predicted molar refractivity (Wildman–Crippen MR) is 83.1 cm³/mol. The zero-order valence-electron chi connectivity index (χ0n) is 11.9. The maximum absolute atomic E-state index is 11.2. The third kappa shape index (κ3) is 3.82. The molecular formula is C16H17N3O3. The van der Waals surface area contributed by atoms with Gasteiger partial charge < -0.3 is 16.2 Å². The third-order valence-electron chi connectivity index (χ3n) is 3.43. The van der Waals surface area contributed by atoms with Crippen molar-refractivity contribution >= 4 is 18.2 Å². The quantitative estimate of drug-likeness (QED) is 0.731. The fraction of sp³-hybridized carbons (Fsp3) is 0.188. The van der Waals surface area contributed by atoms with E-state index in [1.165, 1.54) is 5.56 Å². The van der Waals surface area contributed by atoms with Gasteiger partial charge in [0.05, 0.1) is 5.69 Å². The van der Waals surface area contributed by atoms with Gasteiger partial charge in [-0.2, -0.15) is 0 Å². The first kappa shape index (κ1) is 15.5. The van der Waals surface area contributed by atoms with Crippen LogP contribution < -0.4 is 11.1 Å². The molecule has 1 aromatic heterocycles. The summed E-state index contributed by atoms with van der Waals surface area (Å²) in [6.45, 7) is 0.481. The normalized spacial score (nSPS) is 16.4. The van der Waals surface area contributed by atoms with Crippen molar-refractivity contribution in [2.75, 3.05) is 12.3 Å². The van der Waals surface area contributed by atoms with Gasteiger partial charge in [0.2, 0.25) is 5.91 Å². The summed E-state index contributed by atoms with van der Waals surface area (Å²) < 4.78 is 0. The maximum Gasteiger partial charge on any atom is 0.290 e. The fourth-order valence-electron chi connectivity index (χ4n) is 2.38. The van der Waals surface area contributed by atoms with Gasteiger partial charge in [-0.05, 0) is 17.7 Å². The molecule has 3 rings (SSSR count). The number of nitrogens with one attached hydrogen (secondary N) is 1. The summed E-state index contributed by atoms with van der Waals surface area (Å²) in [6.07, 6.45) is 0.579. The molecule has 2 aromatic rings. The molecule has 1 atom stereocenters. The molecule has 4 N–H and O–H groups in total. The van der Waals surface area contributed by atoms with Gasteiger partial charge >= 0.3 is 0 Å². The molecule has 6 nitrogen and oxygen atoms in total. The molecule has 0 spiro atoms. The van der Waals surface area contributed by atoms with Gasteiger partial charge in [-0.1, -0.05) is 30.3 Å². The van der Waals surface area contributed by atoms with Crippen LogP contribution in [0.1, 0.15) is 17.9 Å². The van der Waals surface area contributed by atoms with E-state index in [2.05, 4.69) is 22.4 Å². The number of nitrogens with two attached hydrogens (primary N) is 1. The molecule has 1 amide bonds. The second kappa shape index (κ2) is 7.21. The van der Waals surface area contributed by atoms with E-state index in [0.717, 1.165) is 17.8 Å². The van der Waals surface area contributed by atoms with Crippen molar-refractivity contribution in [1.82, 2.24) is 10.3 Å². The Morgan fingerprint density at radius 3 is 2.45 bits per heavy atom. The molecule has 1 fully saturated rings. The number of nitrogens with zero attached hydrogens (tertiary/aromatic N) is 1. The van der Waals surface area contributed by atoms with Gasteiger partial charge in [0.25, 0.3) is 6.47 Å². The Hall–Kier alpha value is -2.89. The summed E-state index contributed by atoms with van der Waals surface area (Å²) in [5, 5.41) is 9.74. The molecule has 114 valence electrons. The summed E-state index contributed by atoms with van der Waals surface area (Å²) >= 11 is 0. The number of anilines is 1. The highest BCUT2D eigenvalue weighted by Gasteiger charge is 2.22. The largest absolute Gasteiger partial charge is 0.483 e. The second-order valence-corrected chi connectivity index (χ2v) is 4.88. The number of hydrogen-bond donors (Lipinski definition) is 3. The minimum atomic E-state index is -0.250. The lowest BCUT2D eigenvalue weighted by atomic mass is 9.96. The predicted octanol–water partition coefficient (Wildman–Crippen LogP) is 1.64. The molecule has 1 aliphatic heterocycles. The van der Waals surface area contributed by atoms with Crippen LogP contribution in [-0.4, -0.2) is 29.0 Å². The molecular weight excluding hydrogens is 282 g/mol. The van der Waals surface area contributed by atoms with Crippen LogP contribution in [0.15, 0.2) is 42.5 Å². The Kier molecular flexibility index (Phi) is 5.08. The SMILES string of the molecule is Nc1cccc(-c2ccc(C3CNC(=O)C3)cc2)n1.O=CO. The van der Waals surface area contributed by atoms with Crippen molar-refractivity contribution in [3.63, 3.8) is 0 Å². The Morgan fingerprint density at radius 1 is 1.23 bits per heavy atom. The maximum atomic E-state index is 11.2. The average Bonchev–Trinajstić information content (AvgIpc) is 2.95. The number of amides is 1. The Bertz CT molecular complexity index is 656. The minimum absolute atomic E-state index is 0.131. The van der Waals surface area contributed by atoms with E-state index in [9.17, 15) is 4.79 Å². The molecule has 1 unspecified atom stereocenters. The summed E-state index contributed by atoms with van der Waals surface area (Å²) in [4.78, 5) is 23.9. The fourth-order valence-corrected chi connectivity index (χ4v) is 2.38. The number of nitrogen functional groups attached to an aromatic ring is 1. The monoisotopic (exact) mass is 299 g/mol. The van der Waals surface area contributed by atoms with E-state index < -0.39 is 0 Å². The van der Waals surface area contributed by atoms with Crippen molar-refractivity contribution in [3.05, 3.63) is 48.0 Å². The van der Waals surface area contributed by atoms with Gasteiger partial charge in [-0.25, -0.2) is 4.98 Å². The van der Waals surface area contributed by atoms with Gasteiger partial charge in [0.15, 0.2) is 0 Å². The molecule has 1 aliphatic rings. The zero-order valence-corrected chi connectivity index (χ0v) is 11.9. The highest BCUT2D eigenvalue weighted by atomic mass is 16.3. The number of carbonyl (C=O) groups is 2. The van der Waals surface area contributed by atoms with Crippen LogP contribution in [0.4, 0.5) is 5.82 Å². The minimum Gasteiger partial charge on any atom is -0.483 e. The first-order valence-corrected chi connectivity index (χ1v) is 6.81. The van der Waals surface area contributed by atoms with E-state index in [1.807, 2.05) is 24.3 Å². The molecule has 0 radical (unpaired) electrons. The Labute approximate surface area is 128 Å². The van der Waals surface area contributed by atoms with E-state index in [1.54, 1.807) is 6.07 Å². The lowest BCUT2D eigenvalue weighted by molar-refractivity contribution is -0.123. The molecule has 6 heteroatoms. The topological polar surface area (TPSA) is 105 Å². The number of pyridine rings is 1. The van der Waals surface area contributed by atoms with E-state index in [4.69, 9.17) is 15.6 Å². The first-order valence-electron chi connectivity index (χ1n) is 6.81. The van der Waals surface area contributed by atoms with Crippen molar-refractivity contribution in [2.24, 2.45) is 0 Å². The van der Waals surface area contributed by atoms with Crippen LogP contribution in [0.25, 0.3) is 11.3 Å². The molecule has 22 heavy (non-hydrogen) atoms. The Morgan fingerprint density at radius 2 is 1.91 bits per heavy atom. The van der Waals surface area contributed by atoms with Crippen molar-refractivity contribution in [2.45, 2.75) is 12.3 Å². The first-order chi connectivity index (χ1) is 10.6. The number of benzene rings is 1. The molecule has 1 aromatic carbocycles.